The lowest BCUT2D eigenvalue weighted by molar-refractivity contribution is 0.306. The van der Waals surface area contributed by atoms with Crippen LogP contribution in [-0.4, -0.2) is 13.2 Å². The first-order valence-electron chi connectivity index (χ1n) is 11.3. The van der Waals surface area contributed by atoms with Crippen molar-refractivity contribution in [1.82, 2.24) is 0 Å². The van der Waals surface area contributed by atoms with Gasteiger partial charge in [-0.1, -0.05) is 25.8 Å². The summed E-state index contributed by atoms with van der Waals surface area (Å²) in [5, 5.41) is 0. The van der Waals surface area contributed by atoms with E-state index in [0.29, 0.717) is 18.3 Å². The van der Waals surface area contributed by atoms with Gasteiger partial charge in [0.05, 0.1) is 6.61 Å². The molecule has 3 atom stereocenters. The lowest BCUT2D eigenvalue weighted by Crippen LogP contribution is -2.14. The van der Waals surface area contributed by atoms with Crippen LogP contribution in [-0.2, 0) is 0 Å². The summed E-state index contributed by atoms with van der Waals surface area (Å²) in [6.07, 6.45) is 8.42. The van der Waals surface area contributed by atoms with Crippen LogP contribution in [0.3, 0.4) is 0 Å². The maximum absolute atomic E-state index is 14.7. The Kier molecular flexibility index (Phi) is 6.59. The van der Waals surface area contributed by atoms with Crippen LogP contribution in [0.25, 0.3) is 11.1 Å². The van der Waals surface area contributed by atoms with Crippen LogP contribution in [0.15, 0.2) is 42.0 Å². The topological polar surface area (TPSA) is 18.5 Å². The van der Waals surface area contributed by atoms with E-state index >= 15 is 0 Å². The van der Waals surface area contributed by atoms with E-state index in [2.05, 4.69) is 13.0 Å². The summed E-state index contributed by atoms with van der Waals surface area (Å²) >= 11 is 0. The van der Waals surface area contributed by atoms with Crippen molar-refractivity contribution in [3.8, 4) is 22.6 Å². The highest BCUT2D eigenvalue weighted by Crippen LogP contribution is 2.49. The Bertz CT molecular complexity index is 969. The van der Waals surface area contributed by atoms with Gasteiger partial charge in [-0.25, -0.2) is 8.78 Å². The van der Waals surface area contributed by atoms with E-state index < -0.39 is 17.5 Å². The Labute approximate surface area is 182 Å². The summed E-state index contributed by atoms with van der Waals surface area (Å²) in [5.74, 6) is -0.548. The maximum atomic E-state index is 14.7. The Hall–Kier alpha value is -2.43. The van der Waals surface area contributed by atoms with E-state index in [1.807, 2.05) is 0 Å². The number of benzene rings is 2. The summed E-state index contributed by atoms with van der Waals surface area (Å²) in [7, 11) is 0. The van der Waals surface area contributed by atoms with Crippen LogP contribution in [0.1, 0.15) is 46.0 Å². The van der Waals surface area contributed by atoms with E-state index in [-0.39, 0.29) is 23.5 Å². The molecule has 3 unspecified atom stereocenters. The van der Waals surface area contributed by atoms with Crippen molar-refractivity contribution in [1.29, 1.82) is 0 Å². The Morgan fingerprint density at radius 1 is 0.935 bits per heavy atom. The molecule has 31 heavy (non-hydrogen) atoms. The van der Waals surface area contributed by atoms with Crippen molar-refractivity contribution in [3.63, 3.8) is 0 Å². The highest BCUT2D eigenvalue weighted by atomic mass is 19.2. The quantitative estimate of drug-likeness (QED) is 0.409. The predicted octanol–water partition coefficient (Wildman–Crippen LogP) is 7.32. The second kappa shape index (κ2) is 9.37. The van der Waals surface area contributed by atoms with Gasteiger partial charge in [0, 0.05) is 17.2 Å². The highest BCUT2D eigenvalue weighted by molar-refractivity contribution is 5.66. The average Bonchev–Trinajstić information content (AvgIpc) is 3.34. The lowest BCUT2D eigenvalue weighted by Gasteiger charge is -2.19. The molecule has 2 nitrogen and oxygen atoms in total. The summed E-state index contributed by atoms with van der Waals surface area (Å²) in [6.45, 7) is 4.59. The van der Waals surface area contributed by atoms with E-state index in [9.17, 15) is 13.2 Å². The average molecular weight is 431 g/mol. The van der Waals surface area contributed by atoms with Gasteiger partial charge in [-0.15, -0.1) is 0 Å². The molecule has 0 heterocycles. The molecule has 2 aromatic rings. The minimum absolute atomic E-state index is 0.00913. The second-order valence-electron chi connectivity index (χ2n) is 8.51. The molecule has 0 saturated heterocycles. The zero-order valence-electron chi connectivity index (χ0n) is 18.1. The van der Waals surface area contributed by atoms with Crippen LogP contribution >= 0.6 is 0 Å². The summed E-state index contributed by atoms with van der Waals surface area (Å²) in [5.41, 5.74) is 1.16. The van der Waals surface area contributed by atoms with Crippen LogP contribution in [0.2, 0.25) is 0 Å². The SMILES string of the molecule is CCCC1CCC2C(COc3ccc(-c4ccc(OCC)c(F)c4F)c(F)c3)=CCC12. The van der Waals surface area contributed by atoms with Crippen LogP contribution in [0.5, 0.6) is 11.5 Å². The number of ether oxygens (including phenoxy) is 2. The van der Waals surface area contributed by atoms with Gasteiger partial charge in [0.25, 0.3) is 0 Å². The van der Waals surface area contributed by atoms with Gasteiger partial charge >= 0.3 is 0 Å². The molecule has 1 fully saturated rings. The first-order valence-corrected chi connectivity index (χ1v) is 11.3. The van der Waals surface area contributed by atoms with Crippen LogP contribution in [0, 0.1) is 35.2 Å². The lowest BCUT2D eigenvalue weighted by atomic mass is 9.87. The monoisotopic (exact) mass is 430 g/mol. The molecule has 4 rings (SSSR count). The summed E-state index contributed by atoms with van der Waals surface area (Å²) < 4.78 is 54.3. The molecule has 0 radical (unpaired) electrons. The van der Waals surface area contributed by atoms with Gasteiger partial charge in [-0.2, -0.15) is 4.39 Å². The Morgan fingerprint density at radius 2 is 1.74 bits per heavy atom. The second-order valence-corrected chi connectivity index (χ2v) is 8.51. The third-order valence-electron chi connectivity index (χ3n) is 6.74. The zero-order chi connectivity index (χ0) is 22.0. The Balaban J connectivity index is 1.44. The van der Waals surface area contributed by atoms with E-state index in [1.165, 1.54) is 55.5 Å². The van der Waals surface area contributed by atoms with Crippen molar-refractivity contribution in [3.05, 3.63) is 59.4 Å². The van der Waals surface area contributed by atoms with E-state index in [0.717, 1.165) is 18.3 Å². The van der Waals surface area contributed by atoms with Crippen LogP contribution < -0.4 is 9.47 Å². The molecule has 2 aliphatic carbocycles. The predicted molar refractivity (Wildman–Crippen MR) is 116 cm³/mol. The molecular formula is C26H29F3O2. The zero-order valence-corrected chi connectivity index (χ0v) is 18.1. The third-order valence-corrected chi connectivity index (χ3v) is 6.74. The standard InChI is InChI=1S/C26H29F3O2/c1-3-5-16-6-9-20-17(7-10-19(16)20)15-31-18-8-11-21(23(27)14-18)22-12-13-24(30-4-2)26(29)25(22)28/h7-8,11-14,16,19-20H,3-6,9-10,15H2,1-2H3. The van der Waals surface area contributed by atoms with Gasteiger partial charge < -0.3 is 9.47 Å². The molecule has 2 aliphatic rings. The third kappa shape index (κ3) is 4.32. The number of hydrogen-bond donors (Lipinski definition) is 0. The minimum Gasteiger partial charge on any atom is -0.491 e. The minimum atomic E-state index is -1.12. The number of allylic oxidation sites excluding steroid dienone is 1. The first-order chi connectivity index (χ1) is 15.0. The number of halogens is 3. The normalized spacial score (nSPS) is 22.4. The van der Waals surface area contributed by atoms with Crippen molar-refractivity contribution < 1.29 is 22.6 Å². The van der Waals surface area contributed by atoms with Gasteiger partial charge in [0.2, 0.25) is 5.82 Å². The fraction of sp³-hybridized carbons (Fsp3) is 0.462. The fourth-order valence-electron chi connectivity index (χ4n) is 5.28. The fourth-order valence-corrected chi connectivity index (χ4v) is 5.28. The largest absolute Gasteiger partial charge is 0.491 e. The van der Waals surface area contributed by atoms with E-state index in [4.69, 9.17) is 9.47 Å². The molecule has 0 N–H and O–H groups in total. The molecule has 2 aromatic carbocycles. The molecule has 0 aromatic heterocycles. The summed E-state index contributed by atoms with van der Waals surface area (Å²) in [6, 6.07) is 6.93. The highest BCUT2D eigenvalue weighted by Gasteiger charge is 2.40. The van der Waals surface area contributed by atoms with Gasteiger partial charge in [-0.05, 0) is 73.8 Å². The van der Waals surface area contributed by atoms with Gasteiger partial charge in [0.15, 0.2) is 11.6 Å². The molecule has 1 saturated carbocycles. The van der Waals surface area contributed by atoms with Crippen molar-refractivity contribution in [2.24, 2.45) is 17.8 Å². The number of fused-ring (bicyclic) bond motifs is 1. The van der Waals surface area contributed by atoms with Gasteiger partial charge in [0.1, 0.15) is 18.2 Å². The van der Waals surface area contributed by atoms with Crippen LogP contribution in [0.4, 0.5) is 13.2 Å². The molecule has 166 valence electrons. The summed E-state index contributed by atoms with van der Waals surface area (Å²) in [4.78, 5) is 0. The maximum Gasteiger partial charge on any atom is 0.201 e. The molecule has 0 amide bonds. The smallest absolute Gasteiger partial charge is 0.201 e. The number of rotatable bonds is 8. The van der Waals surface area contributed by atoms with Crippen molar-refractivity contribution in [2.45, 2.75) is 46.0 Å². The van der Waals surface area contributed by atoms with Crippen molar-refractivity contribution in [2.75, 3.05) is 13.2 Å². The molecule has 5 heteroatoms. The molecule has 0 spiro atoms. The van der Waals surface area contributed by atoms with Crippen molar-refractivity contribution >= 4 is 0 Å². The Morgan fingerprint density at radius 3 is 2.48 bits per heavy atom. The number of hydrogen-bond acceptors (Lipinski definition) is 2. The molecule has 0 aliphatic heterocycles. The van der Waals surface area contributed by atoms with Gasteiger partial charge in [-0.3, -0.25) is 0 Å². The first kappa shape index (κ1) is 21.8. The molecule has 0 bridgehead atoms. The molecular weight excluding hydrogens is 401 g/mol. The van der Waals surface area contributed by atoms with E-state index in [1.54, 1.807) is 13.0 Å².